The SMILES string of the molecule is COc1ccc2cc1OCCCN(C(=O)c1ccccc1N1CCOCC1)CC(=O)N[C@@H](Cc1ccccc1)C(=O)NCCn1ccnc1-2. The van der Waals surface area contributed by atoms with E-state index >= 15 is 0 Å². The number of amides is 3. The number of ether oxygens (including phenoxy) is 3. The molecule has 1 aromatic heterocycles. The monoisotopic (exact) mass is 666 g/mol. The number of nitrogens with zero attached hydrogens (tertiary/aromatic N) is 4. The van der Waals surface area contributed by atoms with Crippen molar-refractivity contribution in [2.45, 2.75) is 25.4 Å². The lowest BCUT2D eigenvalue weighted by molar-refractivity contribution is -0.129. The molecule has 3 heterocycles. The van der Waals surface area contributed by atoms with E-state index < -0.39 is 11.9 Å². The third-order valence-corrected chi connectivity index (χ3v) is 8.66. The number of fused-ring (bicyclic) bond motifs is 4. The van der Waals surface area contributed by atoms with Crippen LogP contribution in [0.4, 0.5) is 5.69 Å². The highest BCUT2D eigenvalue weighted by atomic mass is 16.5. The number of morpholine rings is 1. The number of hydrogen-bond acceptors (Lipinski definition) is 8. The number of benzene rings is 3. The van der Waals surface area contributed by atoms with Gasteiger partial charge in [-0.25, -0.2) is 4.98 Å². The van der Waals surface area contributed by atoms with Crippen LogP contribution in [0.2, 0.25) is 0 Å². The number of methoxy groups -OCH3 is 1. The summed E-state index contributed by atoms with van der Waals surface area (Å²) in [5, 5.41) is 5.92. The van der Waals surface area contributed by atoms with Crippen molar-refractivity contribution in [3.05, 3.63) is 96.3 Å². The Labute approximate surface area is 286 Å². The largest absolute Gasteiger partial charge is 0.493 e. The zero-order valence-corrected chi connectivity index (χ0v) is 27.7. The van der Waals surface area contributed by atoms with Gasteiger partial charge in [-0.1, -0.05) is 42.5 Å². The standard InChI is InChI=1S/C37H42N6O6/c1-47-32-13-12-28-25-33(32)49-21-7-16-43(37(46)29-10-5-6-11-31(29)41-19-22-48-23-20-41)26-34(44)40-30(24-27-8-3-2-4-9-27)36(45)39-15-18-42-17-14-38-35(28)42/h2-6,8-14,17,25,30H,7,15-16,18-24,26H2,1H3,(H,39,45)(H,40,44)/t30-/m0/s1. The molecule has 0 spiro atoms. The highest BCUT2D eigenvalue weighted by Crippen LogP contribution is 2.32. The minimum Gasteiger partial charge on any atom is -0.493 e. The van der Waals surface area contributed by atoms with Crippen molar-refractivity contribution in [3.8, 4) is 22.9 Å². The maximum absolute atomic E-state index is 14.2. The first-order valence-electron chi connectivity index (χ1n) is 16.6. The first kappa shape index (κ1) is 33.5. The fraction of sp³-hybridized carbons (Fsp3) is 0.351. The number of imidazole rings is 1. The van der Waals surface area contributed by atoms with E-state index in [1.54, 1.807) is 19.4 Å². The Balaban J connectivity index is 1.30. The molecule has 4 aromatic rings. The van der Waals surface area contributed by atoms with Crippen molar-refractivity contribution in [3.63, 3.8) is 0 Å². The summed E-state index contributed by atoms with van der Waals surface area (Å²) < 4.78 is 19.3. The van der Waals surface area contributed by atoms with Gasteiger partial charge in [0.25, 0.3) is 5.91 Å². The second-order valence-electron chi connectivity index (χ2n) is 12.0. The molecule has 0 unspecified atom stereocenters. The summed E-state index contributed by atoms with van der Waals surface area (Å²) in [6.45, 7) is 3.52. The molecule has 2 aliphatic rings. The Kier molecular flexibility index (Phi) is 11.1. The molecule has 2 N–H and O–H groups in total. The average Bonchev–Trinajstić information content (AvgIpc) is 3.61. The van der Waals surface area contributed by atoms with E-state index in [1.165, 1.54) is 4.90 Å². The fourth-order valence-electron chi connectivity index (χ4n) is 6.17. The van der Waals surface area contributed by atoms with Crippen molar-refractivity contribution in [2.24, 2.45) is 0 Å². The Hall–Kier alpha value is -5.36. The van der Waals surface area contributed by atoms with Gasteiger partial charge in [-0.3, -0.25) is 14.4 Å². The van der Waals surface area contributed by atoms with Gasteiger partial charge < -0.3 is 39.2 Å². The number of carbonyl (C=O) groups is 3. The van der Waals surface area contributed by atoms with E-state index in [1.807, 2.05) is 77.5 Å². The summed E-state index contributed by atoms with van der Waals surface area (Å²) in [5.74, 6) is 0.813. The highest BCUT2D eigenvalue weighted by Gasteiger charge is 2.27. The fourth-order valence-corrected chi connectivity index (χ4v) is 6.17. The number of anilines is 1. The highest BCUT2D eigenvalue weighted by molar-refractivity contribution is 6.01. The first-order valence-corrected chi connectivity index (χ1v) is 16.6. The van der Waals surface area contributed by atoms with Crippen LogP contribution >= 0.6 is 0 Å². The average molecular weight is 667 g/mol. The van der Waals surface area contributed by atoms with Gasteiger partial charge in [0.2, 0.25) is 11.8 Å². The Morgan fingerprint density at radius 2 is 1.76 bits per heavy atom. The lowest BCUT2D eigenvalue weighted by atomic mass is 10.0. The maximum atomic E-state index is 14.2. The molecule has 256 valence electrons. The van der Waals surface area contributed by atoms with Gasteiger partial charge in [-0.15, -0.1) is 0 Å². The van der Waals surface area contributed by atoms with E-state index in [9.17, 15) is 14.4 Å². The van der Waals surface area contributed by atoms with Crippen LogP contribution in [-0.2, 0) is 27.3 Å². The summed E-state index contributed by atoms with van der Waals surface area (Å²) in [6.07, 6.45) is 4.31. The number of rotatable bonds is 5. The molecular weight excluding hydrogens is 624 g/mol. The van der Waals surface area contributed by atoms with Crippen LogP contribution < -0.4 is 25.0 Å². The molecule has 1 atom stereocenters. The van der Waals surface area contributed by atoms with Crippen LogP contribution in [-0.4, -0.2) is 97.9 Å². The van der Waals surface area contributed by atoms with Crippen molar-refractivity contribution >= 4 is 23.4 Å². The Morgan fingerprint density at radius 1 is 0.959 bits per heavy atom. The van der Waals surface area contributed by atoms with Gasteiger partial charge >= 0.3 is 0 Å². The van der Waals surface area contributed by atoms with Crippen LogP contribution in [0, 0.1) is 0 Å². The zero-order chi connectivity index (χ0) is 34.0. The molecule has 3 amide bonds. The number of aromatic nitrogens is 2. The summed E-state index contributed by atoms with van der Waals surface area (Å²) in [7, 11) is 1.58. The summed E-state index contributed by atoms with van der Waals surface area (Å²) in [5.41, 5.74) is 3.04. The van der Waals surface area contributed by atoms with Gasteiger partial charge in [0.1, 0.15) is 11.9 Å². The minimum atomic E-state index is -0.846. The second kappa shape index (κ2) is 16.2. The smallest absolute Gasteiger partial charge is 0.256 e. The van der Waals surface area contributed by atoms with E-state index in [0.29, 0.717) is 75.1 Å². The predicted molar refractivity (Wildman–Crippen MR) is 185 cm³/mol. The molecule has 3 aromatic carbocycles. The summed E-state index contributed by atoms with van der Waals surface area (Å²) in [4.78, 5) is 49.8. The molecule has 12 nitrogen and oxygen atoms in total. The third-order valence-electron chi connectivity index (χ3n) is 8.66. The van der Waals surface area contributed by atoms with Crippen LogP contribution in [0.3, 0.4) is 0 Å². The van der Waals surface area contributed by atoms with Gasteiger partial charge in [-0.05, 0) is 42.3 Å². The molecule has 0 saturated carbocycles. The Bertz CT molecular complexity index is 1740. The number of para-hydroxylation sites is 1. The molecule has 0 radical (unpaired) electrons. The minimum absolute atomic E-state index is 0.230. The lowest BCUT2D eigenvalue weighted by Crippen LogP contribution is -2.51. The van der Waals surface area contributed by atoms with Crippen molar-refractivity contribution in [1.29, 1.82) is 0 Å². The third kappa shape index (κ3) is 8.39. The molecule has 49 heavy (non-hydrogen) atoms. The normalized spacial score (nSPS) is 17.9. The zero-order valence-electron chi connectivity index (χ0n) is 27.7. The predicted octanol–water partition coefficient (Wildman–Crippen LogP) is 3.16. The Morgan fingerprint density at radius 3 is 2.57 bits per heavy atom. The summed E-state index contributed by atoms with van der Waals surface area (Å²) >= 11 is 0. The van der Waals surface area contributed by atoms with E-state index in [2.05, 4.69) is 20.5 Å². The van der Waals surface area contributed by atoms with Crippen LogP contribution in [0.5, 0.6) is 11.5 Å². The van der Waals surface area contributed by atoms with Crippen molar-refractivity contribution < 1.29 is 28.6 Å². The van der Waals surface area contributed by atoms with Gasteiger partial charge in [-0.2, -0.15) is 0 Å². The molecule has 2 aliphatic heterocycles. The van der Waals surface area contributed by atoms with Crippen LogP contribution in [0.25, 0.3) is 11.4 Å². The maximum Gasteiger partial charge on any atom is 0.256 e. The van der Waals surface area contributed by atoms with Gasteiger partial charge in [0.05, 0.1) is 39.0 Å². The van der Waals surface area contributed by atoms with E-state index in [4.69, 9.17) is 14.2 Å². The van der Waals surface area contributed by atoms with E-state index in [-0.39, 0.29) is 31.5 Å². The second-order valence-corrected chi connectivity index (χ2v) is 12.0. The van der Waals surface area contributed by atoms with Crippen molar-refractivity contribution in [2.75, 3.05) is 64.6 Å². The van der Waals surface area contributed by atoms with Crippen LogP contribution in [0.15, 0.2) is 85.2 Å². The first-order chi connectivity index (χ1) is 24.0. The number of nitrogens with one attached hydrogen (secondary N) is 2. The van der Waals surface area contributed by atoms with Crippen molar-refractivity contribution in [1.82, 2.24) is 25.1 Å². The molecule has 6 rings (SSSR count). The quantitative estimate of drug-likeness (QED) is 0.333. The molecule has 2 bridgehead atoms. The number of carbonyl (C=O) groups excluding carboxylic acids is 3. The van der Waals surface area contributed by atoms with E-state index in [0.717, 1.165) is 16.8 Å². The molecule has 12 heteroatoms. The number of hydrogen-bond donors (Lipinski definition) is 2. The molecular formula is C37H42N6O6. The summed E-state index contributed by atoms with van der Waals surface area (Å²) in [6, 6.07) is 21.8. The van der Waals surface area contributed by atoms with Gasteiger partial charge in [0.15, 0.2) is 11.5 Å². The lowest BCUT2D eigenvalue weighted by Gasteiger charge is -2.31. The molecule has 0 aliphatic carbocycles. The molecule has 1 fully saturated rings. The molecule has 1 saturated heterocycles. The van der Waals surface area contributed by atoms with Gasteiger partial charge in [0, 0.05) is 62.8 Å². The topological polar surface area (TPSA) is 127 Å². The van der Waals surface area contributed by atoms with Crippen LogP contribution in [0.1, 0.15) is 22.3 Å².